The van der Waals surface area contributed by atoms with Gasteiger partial charge in [-0.05, 0) is 11.6 Å². The van der Waals surface area contributed by atoms with Crippen molar-refractivity contribution in [2.45, 2.75) is 0 Å². The average molecular weight is 238 g/mol. The first-order valence-corrected chi connectivity index (χ1v) is 4.55. The highest BCUT2D eigenvalue weighted by molar-refractivity contribution is 6.28. The maximum absolute atomic E-state index is 10.6. The van der Waals surface area contributed by atoms with Gasteiger partial charge >= 0.3 is 0 Å². The number of alkyl halides is 1. The van der Waals surface area contributed by atoms with Gasteiger partial charge in [-0.25, -0.2) is 4.98 Å². The van der Waals surface area contributed by atoms with Gasteiger partial charge in [-0.2, -0.15) is 4.98 Å². The molecular formula is C6H7Cl2N4O2-. The van der Waals surface area contributed by atoms with Crippen LogP contribution in [-0.2, 0) is 0 Å². The van der Waals surface area contributed by atoms with Gasteiger partial charge in [0.15, 0.2) is 5.82 Å². The minimum absolute atomic E-state index is 0.0207. The minimum Gasteiger partial charge on any atom is -0.733 e. The Morgan fingerprint density at radius 2 is 2.36 bits per heavy atom. The Hall–Kier alpha value is -0.820. The first-order valence-electron chi connectivity index (χ1n) is 3.63. The summed E-state index contributed by atoms with van der Waals surface area (Å²) in [4.78, 5) is 7.26. The topological polar surface area (TPSA) is 84.3 Å². The van der Waals surface area contributed by atoms with Crippen LogP contribution in [0.2, 0.25) is 5.28 Å². The van der Waals surface area contributed by atoms with Crippen LogP contribution in [0.15, 0.2) is 6.20 Å². The lowest BCUT2D eigenvalue weighted by Gasteiger charge is -2.23. The molecule has 0 spiro atoms. The predicted octanol–water partition coefficient (Wildman–Crippen LogP) is 1.47. The van der Waals surface area contributed by atoms with Crippen molar-refractivity contribution in [3.8, 4) is 0 Å². The summed E-state index contributed by atoms with van der Waals surface area (Å²) in [7, 11) is 0. The van der Waals surface area contributed by atoms with Crippen LogP contribution in [-0.4, -0.2) is 27.6 Å². The van der Waals surface area contributed by atoms with Gasteiger partial charge < -0.3 is 15.8 Å². The summed E-state index contributed by atoms with van der Waals surface area (Å²) in [5.74, 6) is 0.480. The lowest BCUT2D eigenvalue weighted by atomic mass is 10.5. The van der Waals surface area contributed by atoms with Crippen molar-refractivity contribution in [2.75, 3.05) is 23.0 Å². The fourth-order valence-corrected chi connectivity index (χ4v) is 1.02. The molecule has 0 aliphatic rings. The molecule has 0 unspecified atom stereocenters. The molecule has 0 saturated heterocycles. The van der Waals surface area contributed by atoms with E-state index in [0.717, 1.165) is 6.20 Å². The largest absolute Gasteiger partial charge is 0.733 e. The average Bonchev–Trinajstić information content (AvgIpc) is 2.14. The lowest BCUT2D eigenvalue weighted by molar-refractivity contribution is 0.296. The van der Waals surface area contributed by atoms with Crippen LogP contribution in [0.3, 0.4) is 0 Å². The van der Waals surface area contributed by atoms with Crippen molar-refractivity contribution in [3.05, 3.63) is 16.7 Å². The second-order valence-electron chi connectivity index (χ2n) is 2.26. The van der Waals surface area contributed by atoms with Crippen LogP contribution >= 0.6 is 23.2 Å². The third kappa shape index (κ3) is 2.85. The van der Waals surface area contributed by atoms with Gasteiger partial charge in [0.2, 0.25) is 5.28 Å². The maximum atomic E-state index is 10.6. The van der Waals surface area contributed by atoms with Crippen LogP contribution in [0.4, 0.5) is 11.5 Å². The van der Waals surface area contributed by atoms with E-state index in [-0.39, 0.29) is 22.0 Å². The summed E-state index contributed by atoms with van der Waals surface area (Å²) in [5, 5.41) is 21.6. The molecule has 1 rings (SSSR count). The molecule has 78 valence electrons. The number of nitrogens with zero attached hydrogens (tertiary/aromatic N) is 3. The highest BCUT2D eigenvalue weighted by Gasteiger charge is 2.05. The molecule has 0 aromatic carbocycles. The van der Waals surface area contributed by atoms with Crippen molar-refractivity contribution >= 4 is 34.7 Å². The molecule has 0 amide bonds. The van der Waals surface area contributed by atoms with Gasteiger partial charge in [0.25, 0.3) is 0 Å². The van der Waals surface area contributed by atoms with Gasteiger partial charge in [0, 0.05) is 12.4 Å². The third-order valence-corrected chi connectivity index (χ3v) is 1.70. The summed E-state index contributed by atoms with van der Waals surface area (Å²) in [5.41, 5.74) is -0.112. The quantitative estimate of drug-likeness (QED) is 0.469. The highest BCUT2D eigenvalue weighted by Crippen LogP contribution is 2.21. The number of rotatable bonds is 4. The number of nitrogens with one attached hydrogen (secondary N) is 1. The van der Waals surface area contributed by atoms with E-state index >= 15 is 0 Å². The Balaban J connectivity index is 2.91. The summed E-state index contributed by atoms with van der Waals surface area (Å²) < 4.78 is 0. The lowest BCUT2D eigenvalue weighted by Crippen LogP contribution is -2.14. The molecule has 0 radical (unpaired) electrons. The zero-order valence-electron chi connectivity index (χ0n) is 6.94. The fourth-order valence-electron chi connectivity index (χ4n) is 0.790. The number of halogens is 2. The van der Waals surface area contributed by atoms with Crippen molar-refractivity contribution in [3.63, 3.8) is 0 Å². The first kappa shape index (κ1) is 11.3. The summed E-state index contributed by atoms with van der Waals surface area (Å²) in [6.45, 7) is 0.399. The Bertz CT molecular complexity index is 310. The molecule has 0 aliphatic heterocycles. The maximum Gasteiger partial charge on any atom is 0.224 e. The second kappa shape index (κ2) is 5.16. The molecule has 0 saturated carbocycles. The van der Waals surface area contributed by atoms with Crippen molar-refractivity contribution in [1.29, 1.82) is 0 Å². The summed E-state index contributed by atoms with van der Waals surface area (Å²) >= 11 is 10.9. The molecule has 1 aromatic heterocycles. The monoisotopic (exact) mass is 237 g/mol. The molecule has 14 heavy (non-hydrogen) atoms. The highest BCUT2D eigenvalue weighted by atomic mass is 35.5. The van der Waals surface area contributed by atoms with Gasteiger partial charge in [-0.15, -0.1) is 11.6 Å². The molecule has 0 atom stereocenters. The van der Waals surface area contributed by atoms with Gasteiger partial charge in [-0.3, -0.25) is 5.21 Å². The van der Waals surface area contributed by atoms with Gasteiger partial charge in [-0.1, -0.05) is 0 Å². The first-order chi connectivity index (χ1) is 6.65. The van der Waals surface area contributed by atoms with Gasteiger partial charge in [0.1, 0.15) is 5.69 Å². The van der Waals surface area contributed by atoms with Crippen LogP contribution in [0.25, 0.3) is 0 Å². The van der Waals surface area contributed by atoms with Crippen LogP contribution in [0.5, 0.6) is 0 Å². The fraction of sp³-hybridized carbons (Fsp3) is 0.333. The van der Waals surface area contributed by atoms with Crippen LogP contribution in [0, 0.1) is 5.21 Å². The minimum atomic E-state index is -0.340. The van der Waals surface area contributed by atoms with E-state index in [1.54, 1.807) is 0 Å². The van der Waals surface area contributed by atoms with E-state index in [1.165, 1.54) is 0 Å². The Morgan fingerprint density at radius 1 is 1.64 bits per heavy atom. The Kier molecular flexibility index (Phi) is 4.15. The van der Waals surface area contributed by atoms with Crippen molar-refractivity contribution in [1.82, 2.24) is 9.97 Å². The van der Waals surface area contributed by atoms with E-state index in [2.05, 4.69) is 15.3 Å². The van der Waals surface area contributed by atoms with E-state index in [9.17, 15) is 5.21 Å². The molecule has 1 aromatic rings. The normalized spacial score (nSPS) is 10.0. The molecule has 0 aliphatic carbocycles. The molecule has 0 bridgehead atoms. The van der Waals surface area contributed by atoms with E-state index < -0.39 is 0 Å². The van der Waals surface area contributed by atoms with Crippen LogP contribution in [0.1, 0.15) is 0 Å². The van der Waals surface area contributed by atoms with Crippen LogP contribution < -0.4 is 10.5 Å². The smallest absolute Gasteiger partial charge is 0.224 e. The predicted molar refractivity (Wildman–Crippen MR) is 53.9 cm³/mol. The molecular weight excluding hydrogens is 231 g/mol. The molecule has 2 N–H and O–H groups in total. The van der Waals surface area contributed by atoms with E-state index in [4.69, 9.17) is 28.4 Å². The van der Waals surface area contributed by atoms with Crippen molar-refractivity contribution < 1.29 is 5.21 Å². The molecule has 6 nitrogen and oxygen atoms in total. The third-order valence-electron chi connectivity index (χ3n) is 1.33. The summed E-state index contributed by atoms with van der Waals surface area (Å²) in [6, 6.07) is 0. The van der Waals surface area contributed by atoms with E-state index in [1.807, 2.05) is 0 Å². The molecule has 8 heteroatoms. The van der Waals surface area contributed by atoms with E-state index in [0.29, 0.717) is 12.4 Å². The second-order valence-corrected chi connectivity index (χ2v) is 2.98. The summed E-state index contributed by atoms with van der Waals surface area (Å²) in [6.07, 6.45) is 1.11. The molecule has 1 heterocycles. The van der Waals surface area contributed by atoms with Gasteiger partial charge in [0.05, 0.1) is 6.20 Å². The number of hydrogen-bond acceptors (Lipinski definition) is 6. The van der Waals surface area contributed by atoms with Crippen molar-refractivity contribution in [2.24, 2.45) is 0 Å². The number of aromatic nitrogens is 2. The number of hydrogen-bond donors (Lipinski definition) is 2. The standard InChI is InChI=1S/C6H7Cl2N4O2/c7-1-2-9-5-4(12(13)14)3-10-6(8)11-5/h3,13H,1-2H2,(H,9,10,11)/q-1. The zero-order chi connectivity index (χ0) is 10.6. The Morgan fingerprint density at radius 3 is 2.93 bits per heavy atom. The Labute approximate surface area is 90.0 Å². The zero-order valence-corrected chi connectivity index (χ0v) is 8.46. The number of anilines is 2. The SMILES string of the molecule is [O-]N(O)c1cnc(Cl)nc1NCCCl. The molecule has 0 fully saturated rings.